The van der Waals surface area contributed by atoms with Crippen molar-refractivity contribution in [2.24, 2.45) is 11.3 Å². The zero-order chi connectivity index (χ0) is 28.7. The number of rotatable bonds is 10. The molecule has 2 fully saturated rings. The van der Waals surface area contributed by atoms with Gasteiger partial charge in [-0.15, -0.1) is 0 Å². The Morgan fingerprint density at radius 2 is 1.74 bits per heavy atom. The van der Waals surface area contributed by atoms with E-state index in [1.54, 1.807) is 25.1 Å². The molecular weight excluding hydrogens is 559 g/mol. The Morgan fingerprint density at radius 1 is 1.10 bits per heavy atom. The van der Waals surface area contributed by atoms with E-state index in [1.807, 2.05) is 49.1 Å². The Hall–Kier alpha value is -2.13. The van der Waals surface area contributed by atoms with Gasteiger partial charge in [-0.3, -0.25) is 9.59 Å². The van der Waals surface area contributed by atoms with Crippen LogP contribution in [0.1, 0.15) is 69.5 Å². The first-order chi connectivity index (χ1) is 18.2. The van der Waals surface area contributed by atoms with E-state index in [0.29, 0.717) is 16.5 Å². The molecule has 1 N–H and O–H groups in total. The van der Waals surface area contributed by atoms with Crippen LogP contribution in [-0.4, -0.2) is 59.5 Å². The molecule has 2 aromatic rings. The zero-order valence-electron chi connectivity index (χ0n) is 22.7. The van der Waals surface area contributed by atoms with Gasteiger partial charge in [0.15, 0.2) is 0 Å². The van der Waals surface area contributed by atoms with Gasteiger partial charge >= 0.3 is 5.97 Å². The maximum atomic E-state index is 14.5. The number of carboxylic acid groups (broad SMARTS) is 1. The van der Waals surface area contributed by atoms with Gasteiger partial charge in [0.25, 0.3) is 0 Å². The van der Waals surface area contributed by atoms with E-state index in [1.165, 1.54) is 10.6 Å². The van der Waals surface area contributed by atoms with Crippen LogP contribution in [0.3, 0.4) is 0 Å². The van der Waals surface area contributed by atoms with Gasteiger partial charge in [-0.2, -0.15) is 4.31 Å². The Bertz CT molecular complexity index is 1330. The molecule has 1 saturated heterocycles. The van der Waals surface area contributed by atoms with Crippen molar-refractivity contribution in [2.45, 2.75) is 70.5 Å². The normalized spacial score (nSPS) is 24.8. The van der Waals surface area contributed by atoms with Crippen molar-refractivity contribution in [3.05, 3.63) is 69.7 Å². The molecular formula is C29H36Cl2N2O5S. The van der Waals surface area contributed by atoms with Crippen molar-refractivity contribution in [3.63, 3.8) is 0 Å². The predicted molar refractivity (Wildman–Crippen MR) is 153 cm³/mol. The molecule has 1 heterocycles. The molecule has 39 heavy (non-hydrogen) atoms. The van der Waals surface area contributed by atoms with Crippen LogP contribution in [0.25, 0.3) is 0 Å². The number of carbonyl (C=O) groups excluding carboxylic acids is 1. The van der Waals surface area contributed by atoms with Crippen LogP contribution in [-0.2, 0) is 19.6 Å². The molecule has 2 aliphatic rings. The summed E-state index contributed by atoms with van der Waals surface area (Å²) in [5, 5.41) is 10.9. The lowest BCUT2D eigenvalue weighted by Crippen LogP contribution is -2.59. The first-order valence-electron chi connectivity index (χ1n) is 13.2. The fraction of sp³-hybridized carbons (Fsp3) is 0.517. The van der Waals surface area contributed by atoms with Gasteiger partial charge in [0.05, 0.1) is 24.1 Å². The summed E-state index contributed by atoms with van der Waals surface area (Å²) in [5.41, 5.74) is 0.564. The van der Waals surface area contributed by atoms with Crippen molar-refractivity contribution in [2.75, 3.05) is 12.8 Å². The number of piperidine rings is 1. The Morgan fingerprint density at radius 3 is 2.26 bits per heavy atom. The number of hydrogen-bond donors (Lipinski definition) is 1. The number of benzene rings is 2. The molecule has 0 aromatic heterocycles. The fourth-order valence-electron chi connectivity index (χ4n) is 6.10. The molecule has 0 radical (unpaired) electrons. The van der Waals surface area contributed by atoms with Gasteiger partial charge in [-0.05, 0) is 74.4 Å². The molecule has 1 aliphatic heterocycles. The summed E-state index contributed by atoms with van der Waals surface area (Å²) >= 11 is 12.6. The second-order valence-corrected chi connectivity index (χ2v) is 14.3. The highest BCUT2D eigenvalue weighted by atomic mass is 35.5. The van der Waals surface area contributed by atoms with E-state index in [0.717, 1.165) is 24.0 Å². The third-order valence-corrected chi connectivity index (χ3v) is 9.93. The lowest BCUT2D eigenvalue weighted by Gasteiger charge is -2.52. The number of amides is 1. The molecule has 212 valence electrons. The minimum absolute atomic E-state index is 0.110. The monoisotopic (exact) mass is 594 g/mol. The number of nitrogens with zero attached hydrogens (tertiary/aromatic N) is 2. The Kier molecular flexibility index (Phi) is 8.72. The van der Waals surface area contributed by atoms with Gasteiger partial charge in [0, 0.05) is 34.6 Å². The topological polar surface area (TPSA) is 95.0 Å². The van der Waals surface area contributed by atoms with Crippen LogP contribution in [0.5, 0.6) is 0 Å². The second kappa shape index (κ2) is 11.4. The largest absolute Gasteiger partial charge is 0.481 e. The molecule has 0 bridgehead atoms. The maximum Gasteiger partial charge on any atom is 0.304 e. The number of halogens is 2. The molecule has 4 rings (SSSR count). The summed E-state index contributed by atoms with van der Waals surface area (Å²) < 4.78 is 27.1. The van der Waals surface area contributed by atoms with E-state index < -0.39 is 33.5 Å². The lowest BCUT2D eigenvalue weighted by molar-refractivity contribution is -0.161. The second-order valence-electron chi connectivity index (χ2n) is 11.5. The maximum absolute atomic E-state index is 14.5. The van der Waals surface area contributed by atoms with E-state index in [2.05, 4.69) is 0 Å². The van der Waals surface area contributed by atoms with E-state index >= 15 is 0 Å². The van der Waals surface area contributed by atoms with Gasteiger partial charge < -0.3 is 10.0 Å². The van der Waals surface area contributed by atoms with Gasteiger partial charge in [-0.1, -0.05) is 54.4 Å². The van der Waals surface area contributed by atoms with Crippen LogP contribution in [0.2, 0.25) is 10.0 Å². The standard InChI is InChI=1S/C29H36Cl2N2O5S/c1-18(2)32(39(4,37)38)17-25(19-8-9-19)33-27(20-10-12-22(30)13-11-20)24(21-6-5-7-23(31)14-21)15-29(3,28(33)36)16-26(34)35/h5-7,10-14,18-19,24-25,27H,8-9,15-17H2,1-4H3,(H,34,35). The number of aliphatic carboxylic acids is 1. The molecule has 2 aromatic carbocycles. The summed E-state index contributed by atoms with van der Waals surface area (Å²) in [6.45, 7) is 5.50. The van der Waals surface area contributed by atoms with Crippen molar-refractivity contribution in [3.8, 4) is 0 Å². The lowest BCUT2D eigenvalue weighted by atomic mass is 9.67. The summed E-state index contributed by atoms with van der Waals surface area (Å²) in [4.78, 5) is 28.3. The van der Waals surface area contributed by atoms with Crippen molar-refractivity contribution in [1.29, 1.82) is 0 Å². The van der Waals surface area contributed by atoms with Crippen molar-refractivity contribution < 1.29 is 23.1 Å². The molecule has 1 amide bonds. The number of likely N-dealkylation sites (tertiary alicyclic amines) is 1. The zero-order valence-corrected chi connectivity index (χ0v) is 25.0. The summed E-state index contributed by atoms with van der Waals surface area (Å²) in [7, 11) is -3.56. The smallest absolute Gasteiger partial charge is 0.304 e. The first-order valence-corrected chi connectivity index (χ1v) is 15.8. The summed E-state index contributed by atoms with van der Waals surface area (Å²) in [6.07, 6.45) is 2.91. The molecule has 7 nitrogen and oxygen atoms in total. The molecule has 0 spiro atoms. The number of hydrogen-bond acceptors (Lipinski definition) is 4. The van der Waals surface area contributed by atoms with Crippen molar-refractivity contribution >= 4 is 45.1 Å². The Labute approximate surface area is 241 Å². The number of sulfonamides is 1. The third kappa shape index (κ3) is 6.62. The highest BCUT2D eigenvalue weighted by Gasteiger charge is 2.55. The minimum atomic E-state index is -3.56. The quantitative estimate of drug-likeness (QED) is 0.365. The van der Waals surface area contributed by atoms with E-state index in [9.17, 15) is 23.1 Å². The van der Waals surface area contributed by atoms with E-state index in [4.69, 9.17) is 23.2 Å². The van der Waals surface area contributed by atoms with Crippen LogP contribution in [0.15, 0.2) is 48.5 Å². The molecule has 4 atom stereocenters. The molecule has 10 heteroatoms. The van der Waals surface area contributed by atoms with E-state index in [-0.39, 0.29) is 36.8 Å². The predicted octanol–water partition coefficient (Wildman–Crippen LogP) is 5.98. The van der Waals surface area contributed by atoms with Crippen LogP contribution < -0.4 is 0 Å². The fourth-order valence-corrected chi connectivity index (χ4v) is 7.62. The van der Waals surface area contributed by atoms with Crippen LogP contribution in [0, 0.1) is 11.3 Å². The average molecular weight is 596 g/mol. The number of carbonyl (C=O) groups is 2. The van der Waals surface area contributed by atoms with Gasteiger partial charge in [-0.25, -0.2) is 8.42 Å². The molecule has 1 saturated carbocycles. The van der Waals surface area contributed by atoms with Crippen LogP contribution in [0.4, 0.5) is 0 Å². The average Bonchev–Trinajstić information content (AvgIpc) is 3.66. The summed E-state index contributed by atoms with van der Waals surface area (Å²) in [5.74, 6) is -1.49. The van der Waals surface area contributed by atoms with Gasteiger partial charge in [0.2, 0.25) is 15.9 Å². The van der Waals surface area contributed by atoms with Gasteiger partial charge in [0.1, 0.15) is 0 Å². The van der Waals surface area contributed by atoms with Crippen LogP contribution >= 0.6 is 23.2 Å². The SMILES string of the molecule is CC(C)N(CC(C1CC1)N1C(=O)C(C)(CC(=O)O)CC(c2cccc(Cl)c2)C1c1ccc(Cl)cc1)S(C)(=O)=O. The van der Waals surface area contributed by atoms with Crippen molar-refractivity contribution in [1.82, 2.24) is 9.21 Å². The Balaban J connectivity index is 1.93. The first kappa shape index (κ1) is 29.8. The molecule has 1 aliphatic carbocycles. The summed E-state index contributed by atoms with van der Waals surface area (Å²) in [6, 6.07) is 13.6. The third-order valence-electron chi connectivity index (χ3n) is 8.02. The minimum Gasteiger partial charge on any atom is -0.481 e. The molecule has 4 unspecified atom stereocenters. The number of carboxylic acids is 1. The highest BCUT2D eigenvalue weighted by Crippen LogP contribution is 2.54. The highest BCUT2D eigenvalue weighted by molar-refractivity contribution is 7.88.